The van der Waals surface area contributed by atoms with E-state index >= 15 is 0 Å². The molecule has 1 heterocycles. The highest BCUT2D eigenvalue weighted by Gasteiger charge is 2.18. The number of aromatic hydroxyl groups is 1. The van der Waals surface area contributed by atoms with E-state index in [1.807, 2.05) is 12.1 Å². The quantitative estimate of drug-likeness (QED) is 0.760. The molecule has 0 amide bonds. The van der Waals surface area contributed by atoms with Crippen LogP contribution < -0.4 is 5.32 Å². The molecule has 2 aromatic rings. The van der Waals surface area contributed by atoms with Crippen LogP contribution in [-0.4, -0.2) is 21.2 Å². The summed E-state index contributed by atoms with van der Waals surface area (Å²) in [6, 6.07) is 8.96. The molecular formula is C14H14N2O3. The fourth-order valence-electron chi connectivity index (χ4n) is 1.74. The first-order chi connectivity index (χ1) is 9.16. The Balaban J connectivity index is 2.09. The maximum Gasteiger partial charge on any atom is 0.325 e. The Hall–Kier alpha value is -2.40. The van der Waals surface area contributed by atoms with Gasteiger partial charge in [0.2, 0.25) is 0 Å². The van der Waals surface area contributed by atoms with Gasteiger partial charge < -0.3 is 10.2 Å². The molecule has 0 saturated carbocycles. The van der Waals surface area contributed by atoms with Gasteiger partial charge in [-0.2, -0.15) is 0 Å². The van der Waals surface area contributed by atoms with Crippen molar-refractivity contribution in [1.29, 1.82) is 0 Å². The van der Waals surface area contributed by atoms with Crippen molar-refractivity contribution in [1.82, 2.24) is 10.3 Å². The predicted molar refractivity (Wildman–Crippen MR) is 69.6 cm³/mol. The normalized spacial score (nSPS) is 12.0. The van der Waals surface area contributed by atoms with Crippen molar-refractivity contribution in [3.8, 4) is 5.75 Å². The lowest BCUT2D eigenvalue weighted by atomic mass is 10.1. The third kappa shape index (κ3) is 3.53. The number of phenolic OH excluding ortho intramolecular Hbond substituents is 1. The number of hydrogen-bond donors (Lipinski definition) is 3. The number of rotatable bonds is 5. The first-order valence-corrected chi connectivity index (χ1v) is 5.81. The van der Waals surface area contributed by atoms with Crippen LogP contribution in [-0.2, 0) is 11.3 Å². The standard InChI is InChI=1S/C14H14N2O3/c17-12-3-1-11(2-4-12)13(14(18)19)16-9-10-5-7-15-8-6-10/h1-8,13,16-17H,9H2,(H,18,19). The molecule has 5 nitrogen and oxygen atoms in total. The lowest BCUT2D eigenvalue weighted by molar-refractivity contribution is -0.139. The summed E-state index contributed by atoms with van der Waals surface area (Å²) in [4.78, 5) is 15.2. The summed E-state index contributed by atoms with van der Waals surface area (Å²) in [6.45, 7) is 0.431. The Morgan fingerprint density at radius 2 is 1.79 bits per heavy atom. The van der Waals surface area contributed by atoms with Gasteiger partial charge in [0.25, 0.3) is 0 Å². The molecule has 1 atom stereocenters. The van der Waals surface area contributed by atoms with Gasteiger partial charge in [-0.1, -0.05) is 12.1 Å². The number of carbonyl (C=O) groups is 1. The van der Waals surface area contributed by atoms with Gasteiger partial charge in [-0.3, -0.25) is 15.1 Å². The van der Waals surface area contributed by atoms with Crippen LogP contribution >= 0.6 is 0 Å². The predicted octanol–water partition coefficient (Wildman–Crippen LogP) is 1.70. The molecule has 1 unspecified atom stereocenters. The molecule has 0 aliphatic rings. The zero-order valence-corrected chi connectivity index (χ0v) is 10.2. The molecule has 0 fully saturated rings. The van der Waals surface area contributed by atoms with Crippen LogP contribution in [0.25, 0.3) is 0 Å². The van der Waals surface area contributed by atoms with Crippen LogP contribution in [0.2, 0.25) is 0 Å². The van der Waals surface area contributed by atoms with Crippen LogP contribution in [0.1, 0.15) is 17.2 Å². The maximum absolute atomic E-state index is 11.3. The van der Waals surface area contributed by atoms with E-state index in [2.05, 4.69) is 10.3 Å². The van der Waals surface area contributed by atoms with Crippen LogP contribution in [0, 0.1) is 0 Å². The Kier molecular flexibility index (Phi) is 4.10. The van der Waals surface area contributed by atoms with E-state index in [4.69, 9.17) is 0 Å². The van der Waals surface area contributed by atoms with E-state index in [1.165, 1.54) is 12.1 Å². The molecule has 5 heteroatoms. The molecule has 2 rings (SSSR count). The Morgan fingerprint density at radius 1 is 1.16 bits per heavy atom. The molecule has 1 aromatic heterocycles. The fourth-order valence-corrected chi connectivity index (χ4v) is 1.74. The van der Waals surface area contributed by atoms with E-state index in [9.17, 15) is 15.0 Å². The number of phenols is 1. The van der Waals surface area contributed by atoms with Crippen LogP contribution in [0.3, 0.4) is 0 Å². The average Bonchev–Trinajstić information content (AvgIpc) is 2.42. The molecular weight excluding hydrogens is 244 g/mol. The highest BCUT2D eigenvalue weighted by atomic mass is 16.4. The number of aromatic nitrogens is 1. The Labute approximate surface area is 110 Å². The number of aliphatic carboxylic acids is 1. The van der Waals surface area contributed by atoms with Gasteiger partial charge in [0, 0.05) is 18.9 Å². The van der Waals surface area contributed by atoms with Gasteiger partial charge >= 0.3 is 5.97 Å². The number of nitrogens with zero attached hydrogens (tertiary/aromatic N) is 1. The van der Waals surface area contributed by atoms with Crippen molar-refractivity contribution in [2.24, 2.45) is 0 Å². The molecule has 0 aliphatic carbocycles. The molecule has 1 aromatic carbocycles. The molecule has 98 valence electrons. The molecule has 0 bridgehead atoms. The van der Waals surface area contributed by atoms with Crippen molar-refractivity contribution in [3.63, 3.8) is 0 Å². The molecule has 0 spiro atoms. The highest BCUT2D eigenvalue weighted by molar-refractivity contribution is 5.75. The van der Waals surface area contributed by atoms with E-state index < -0.39 is 12.0 Å². The monoisotopic (exact) mass is 258 g/mol. The third-order valence-electron chi connectivity index (χ3n) is 2.73. The van der Waals surface area contributed by atoms with Gasteiger partial charge in [-0.15, -0.1) is 0 Å². The van der Waals surface area contributed by atoms with Crippen molar-refractivity contribution in [2.75, 3.05) is 0 Å². The number of carboxylic acids is 1. The molecule has 0 saturated heterocycles. The zero-order valence-electron chi connectivity index (χ0n) is 10.2. The topological polar surface area (TPSA) is 82.5 Å². The molecule has 19 heavy (non-hydrogen) atoms. The van der Waals surface area contributed by atoms with E-state index in [0.717, 1.165) is 5.56 Å². The van der Waals surface area contributed by atoms with Gasteiger partial charge in [0.1, 0.15) is 11.8 Å². The first kappa shape index (κ1) is 13.0. The van der Waals surface area contributed by atoms with Crippen molar-refractivity contribution >= 4 is 5.97 Å². The second-order valence-electron chi connectivity index (χ2n) is 4.10. The second-order valence-corrected chi connectivity index (χ2v) is 4.10. The van der Waals surface area contributed by atoms with Crippen molar-refractivity contribution in [2.45, 2.75) is 12.6 Å². The third-order valence-corrected chi connectivity index (χ3v) is 2.73. The lowest BCUT2D eigenvalue weighted by Crippen LogP contribution is -2.28. The lowest BCUT2D eigenvalue weighted by Gasteiger charge is -2.15. The first-order valence-electron chi connectivity index (χ1n) is 5.81. The summed E-state index contributed by atoms with van der Waals surface area (Å²) < 4.78 is 0. The Morgan fingerprint density at radius 3 is 2.37 bits per heavy atom. The van der Waals surface area contributed by atoms with Crippen LogP contribution in [0.5, 0.6) is 5.75 Å². The van der Waals surface area contributed by atoms with Crippen LogP contribution in [0.15, 0.2) is 48.8 Å². The molecule has 0 aliphatic heterocycles. The summed E-state index contributed by atoms with van der Waals surface area (Å²) in [5.74, 6) is -0.846. The van der Waals surface area contributed by atoms with E-state index in [0.29, 0.717) is 12.1 Å². The molecule has 0 radical (unpaired) electrons. The highest BCUT2D eigenvalue weighted by Crippen LogP contribution is 2.17. The van der Waals surface area contributed by atoms with Crippen LogP contribution in [0.4, 0.5) is 0 Å². The Bertz CT molecular complexity index is 540. The minimum Gasteiger partial charge on any atom is -0.508 e. The summed E-state index contributed by atoms with van der Waals surface area (Å²) in [5, 5.41) is 21.4. The fraction of sp³-hybridized carbons (Fsp3) is 0.143. The number of benzene rings is 1. The number of nitrogens with one attached hydrogen (secondary N) is 1. The van der Waals surface area contributed by atoms with Crippen molar-refractivity contribution in [3.05, 3.63) is 59.9 Å². The van der Waals surface area contributed by atoms with E-state index in [1.54, 1.807) is 24.5 Å². The van der Waals surface area contributed by atoms with E-state index in [-0.39, 0.29) is 5.75 Å². The number of pyridine rings is 1. The van der Waals surface area contributed by atoms with Gasteiger partial charge in [-0.25, -0.2) is 0 Å². The largest absolute Gasteiger partial charge is 0.508 e. The minimum atomic E-state index is -0.959. The summed E-state index contributed by atoms with van der Waals surface area (Å²) in [5.41, 5.74) is 1.55. The number of carboxylic acid groups (broad SMARTS) is 1. The number of hydrogen-bond acceptors (Lipinski definition) is 4. The second kappa shape index (κ2) is 5.97. The zero-order chi connectivity index (χ0) is 13.7. The SMILES string of the molecule is O=C(O)C(NCc1ccncc1)c1ccc(O)cc1. The summed E-state index contributed by atoms with van der Waals surface area (Å²) in [6.07, 6.45) is 3.32. The van der Waals surface area contributed by atoms with Gasteiger partial charge in [0.05, 0.1) is 0 Å². The molecule has 3 N–H and O–H groups in total. The maximum atomic E-state index is 11.3. The smallest absolute Gasteiger partial charge is 0.325 e. The average molecular weight is 258 g/mol. The minimum absolute atomic E-state index is 0.113. The summed E-state index contributed by atoms with van der Waals surface area (Å²) >= 11 is 0. The summed E-state index contributed by atoms with van der Waals surface area (Å²) in [7, 11) is 0. The van der Waals surface area contributed by atoms with Crippen molar-refractivity contribution < 1.29 is 15.0 Å². The van der Waals surface area contributed by atoms with Gasteiger partial charge in [-0.05, 0) is 35.4 Å². The van der Waals surface area contributed by atoms with Gasteiger partial charge in [0.15, 0.2) is 0 Å².